The smallest absolute Gasteiger partial charge is 0.160 e. The van der Waals surface area contributed by atoms with Crippen molar-refractivity contribution in [1.29, 1.82) is 0 Å². The lowest BCUT2D eigenvalue weighted by Crippen LogP contribution is -2.40. The summed E-state index contributed by atoms with van der Waals surface area (Å²) in [6, 6.07) is 74.9. The highest BCUT2D eigenvalue weighted by molar-refractivity contribution is 5.91. The van der Waals surface area contributed by atoms with Gasteiger partial charge in [-0.15, -0.1) is 0 Å². The van der Waals surface area contributed by atoms with Crippen LogP contribution < -0.4 is 0 Å². The minimum atomic E-state index is -0.374. The average Bonchev–Trinajstić information content (AvgIpc) is 3.59. The fourth-order valence-electron chi connectivity index (χ4n) is 9.80. The van der Waals surface area contributed by atoms with Gasteiger partial charge in [0.25, 0.3) is 0 Å². The SMILES string of the molecule is CC1(C)c2ccccc2C2(c3ccccc3-c3cc(-c4ccc(-c5ccc(-c6cc(-c7ccccc7)nc(-c7ccccc7)n6)cc5)cc4)ccc32)c2ccccc21. The van der Waals surface area contributed by atoms with Gasteiger partial charge >= 0.3 is 0 Å². The molecule has 0 saturated heterocycles. The van der Waals surface area contributed by atoms with Crippen molar-refractivity contribution in [3.05, 3.63) is 240 Å². The summed E-state index contributed by atoms with van der Waals surface area (Å²) in [4.78, 5) is 9.99. The molecule has 274 valence electrons. The van der Waals surface area contributed by atoms with Gasteiger partial charge in [0.1, 0.15) is 0 Å². The molecule has 9 aromatic rings. The molecule has 0 unspecified atom stereocenters. The highest BCUT2D eigenvalue weighted by atomic mass is 14.9. The second-order valence-electron chi connectivity index (χ2n) is 16.1. The molecule has 0 saturated carbocycles. The fraction of sp³-hybridized carbons (Fsp3) is 0.0714. The van der Waals surface area contributed by atoms with Crippen molar-refractivity contribution in [2.75, 3.05) is 0 Å². The Morgan fingerprint density at radius 3 is 1.26 bits per heavy atom. The van der Waals surface area contributed by atoms with Gasteiger partial charge in [0.05, 0.1) is 16.8 Å². The van der Waals surface area contributed by atoms with E-state index in [0.717, 1.165) is 33.9 Å². The number of hydrogen-bond acceptors (Lipinski definition) is 2. The van der Waals surface area contributed by atoms with E-state index in [2.05, 4.69) is 184 Å². The van der Waals surface area contributed by atoms with Gasteiger partial charge in [-0.05, 0) is 78.9 Å². The Labute approximate surface area is 340 Å². The molecule has 11 rings (SSSR count). The summed E-state index contributed by atoms with van der Waals surface area (Å²) < 4.78 is 0. The maximum atomic E-state index is 5.03. The van der Waals surface area contributed by atoms with Gasteiger partial charge in [0.15, 0.2) is 5.82 Å². The number of rotatable bonds is 5. The Hall–Kier alpha value is -7.16. The topological polar surface area (TPSA) is 25.8 Å². The molecule has 0 amide bonds. The normalized spacial score (nSPS) is 14.0. The molecule has 0 bridgehead atoms. The Balaban J connectivity index is 0.946. The van der Waals surface area contributed by atoms with Crippen LogP contribution in [0.2, 0.25) is 0 Å². The molecule has 2 heteroatoms. The first-order chi connectivity index (χ1) is 28.5. The molecular formula is C56H40N2. The molecule has 1 spiro atoms. The van der Waals surface area contributed by atoms with E-state index in [4.69, 9.17) is 9.97 Å². The van der Waals surface area contributed by atoms with Crippen LogP contribution in [0, 0.1) is 0 Å². The van der Waals surface area contributed by atoms with Crippen LogP contribution >= 0.6 is 0 Å². The van der Waals surface area contributed by atoms with Crippen molar-refractivity contribution in [3.63, 3.8) is 0 Å². The van der Waals surface area contributed by atoms with Crippen LogP contribution in [0.5, 0.6) is 0 Å². The first-order valence-corrected chi connectivity index (χ1v) is 20.2. The van der Waals surface area contributed by atoms with Crippen molar-refractivity contribution in [1.82, 2.24) is 9.97 Å². The lowest BCUT2D eigenvalue weighted by atomic mass is 9.55. The molecule has 2 aliphatic carbocycles. The quantitative estimate of drug-likeness (QED) is 0.176. The Morgan fingerprint density at radius 1 is 0.293 bits per heavy atom. The Bertz CT molecular complexity index is 2890. The van der Waals surface area contributed by atoms with E-state index < -0.39 is 0 Å². The molecule has 0 N–H and O–H groups in total. The molecule has 0 radical (unpaired) electrons. The van der Waals surface area contributed by atoms with E-state index in [1.54, 1.807) is 0 Å². The monoisotopic (exact) mass is 740 g/mol. The number of aromatic nitrogens is 2. The van der Waals surface area contributed by atoms with E-state index >= 15 is 0 Å². The minimum Gasteiger partial charge on any atom is -0.228 e. The van der Waals surface area contributed by atoms with Crippen molar-refractivity contribution in [2.45, 2.75) is 24.7 Å². The van der Waals surface area contributed by atoms with E-state index in [1.807, 2.05) is 36.4 Å². The van der Waals surface area contributed by atoms with Gasteiger partial charge in [0, 0.05) is 22.1 Å². The molecule has 8 aromatic carbocycles. The predicted octanol–water partition coefficient (Wildman–Crippen LogP) is 13.8. The van der Waals surface area contributed by atoms with Crippen LogP contribution in [-0.4, -0.2) is 9.97 Å². The number of hydrogen-bond donors (Lipinski definition) is 0. The van der Waals surface area contributed by atoms with Gasteiger partial charge in [-0.25, -0.2) is 9.97 Å². The van der Waals surface area contributed by atoms with E-state index in [0.29, 0.717) is 0 Å². The van der Waals surface area contributed by atoms with Crippen molar-refractivity contribution in [3.8, 4) is 67.3 Å². The van der Waals surface area contributed by atoms with Crippen molar-refractivity contribution < 1.29 is 0 Å². The first kappa shape index (κ1) is 34.1. The van der Waals surface area contributed by atoms with Gasteiger partial charge in [0.2, 0.25) is 0 Å². The first-order valence-electron chi connectivity index (χ1n) is 20.2. The summed E-state index contributed by atoms with van der Waals surface area (Å²) in [6.07, 6.45) is 0. The lowest BCUT2D eigenvalue weighted by Gasteiger charge is -2.46. The van der Waals surface area contributed by atoms with Gasteiger partial charge in [-0.1, -0.05) is 208 Å². The number of nitrogens with zero attached hydrogens (tertiary/aromatic N) is 2. The van der Waals surface area contributed by atoms with Crippen LogP contribution in [-0.2, 0) is 10.8 Å². The van der Waals surface area contributed by atoms with Crippen molar-refractivity contribution >= 4 is 0 Å². The fourth-order valence-corrected chi connectivity index (χ4v) is 9.80. The Morgan fingerprint density at radius 2 is 0.690 bits per heavy atom. The molecule has 0 atom stereocenters. The van der Waals surface area contributed by atoms with E-state index in [9.17, 15) is 0 Å². The molecular weight excluding hydrogens is 701 g/mol. The summed E-state index contributed by atoms with van der Waals surface area (Å²) in [5, 5.41) is 0. The summed E-state index contributed by atoms with van der Waals surface area (Å²) in [7, 11) is 0. The molecule has 2 nitrogen and oxygen atoms in total. The molecule has 58 heavy (non-hydrogen) atoms. The van der Waals surface area contributed by atoms with Crippen LogP contribution in [0.25, 0.3) is 67.3 Å². The number of benzene rings is 8. The van der Waals surface area contributed by atoms with Crippen LogP contribution in [0.1, 0.15) is 47.2 Å². The summed E-state index contributed by atoms with van der Waals surface area (Å²) in [5.41, 5.74) is 20.2. The van der Waals surface area contributed by atoms with Gasteiger partial charge in [-0.3, -0.25) is 0 Å². The Kier molecular flexibility index (Phi) is 7.78. The lowest BCUT2D eigenvalue weighted by molar-refractivity contribution is 0.563. The zero-order valence-corrected chi connectivity index (χ0v) is 32.5. The molecule has 2 aliphatic rings. The zero-order valence-electron chi connectivity index (χ0n) is 32.5. The zero-order chi connectivity index (χ0) is 38.8. The summed E-state index contributed by atoms with van der Waals surface area (Å²) in [6.45, 7) is 4.75. The van der Waals surface area contributed by atoms with Crippen LogP contribution in [0.3, 0.4) is 0 Å². The third-order valence-corrected chi connectivity index (χ3v) is 12.6. The predicted molar refractivity (Wildman–Crippen MR) is 239 cm³/mol. The molecule has 1 heterocycles. The van der Waals surface area contributed by atoms with Crippen molar-refractivity contribution in [2.24, 2.45) is 0 Å². The maximum absolute atomic E-state index is 5.03. The van der Waals surface area contributed by atoms with Crippen LogP contribution in [0.4, 0.5) is 0 Å². The van der Waals surface area contributed by atoms with Crippen LogP contribution in [0.15, 0.2) is 206 Å². The van der Waals surface area contributed by atoms with Gasteiger partial charge < -0.3 is 0 Å². The molecule has 1 aromatic heterocycles. The third kappa shape index (κ3) is 5.18. The average molecular weight is 741 g/mol. The highest BCUT2D eigenvalue weighted by Gasteiger charge is 2.53. The van der Waals surface area contributed by atoms with E-state index in [-0.39, 0.29) is 10.8 Å². The summed E-state index contributed by atoms with van der Waals surface area (Å²) >= 11 is 0. The van der Waals surface area contributed by atoms with Gasteiger partial charge in [-0.2, -0.15) is 0 Å². The second-order valence-corrected chi connectivity index (χ2v) is 16.1. The summed E-state index contributed by atoms with van der Waals surface area (Å²) in [5.74, 6) is 0.721. The highest BCUT2D eigenvalue weighted by Crippen LogP contribution is 2.62. The number of fused-ring (bicyclic) bond motifs is 9. The molecule has 0 fully saturated rings. The second kappa shape index (κ2) is 13.2. The maximum Gasteiger partial charge on any atom is 0.160 e. The van der Waals surface area contributed by atoms with E-state index in [1.165, 1.54) is 66.8 Å². The molecule has 0 aliphatic heterocycles. The standard InChI is InChI=1S/C56H40N2/c1-55(2)48-21-11-13-23-50(48)56(51-24-14-12-22-49(51)55)46-20-10-9-19-44(46)45-35-43(33-34-47(45)56)39-27-25-37(26-28-39)38-29-31-41(32-30-38)53-36-52(40-15-5-3-6-16-40)57-54(58-53)42-17-7-4-8-18-42/h3-36H,1-2H3. The third-order valence-electron chi connectivity index (χ3n) is 12.6. The minimum absolute atomic E-state index is 0.105. The largest absolute Gasteiger partial charge is 0.228 e.